The van der Waals surface area contributed by atoms with E-state index >= 15 is 0 Å². The number of hydrogen-bond donors (Lipinski definition) is 1. The fraction of sp³-hybridized carbons (Fsp3) is 0.348. The van der Waals surface area contributed by atoms with Crippen LogP contribution in [0.5, 0.6) is 5.75 Å². The molecule has 1 aliphatic rings. The van der Waals surface area contributed by atoms with Crippen LogP contribution in [0.3, 0.4) is 0 Å². The van der Waals surface area contributed by atoms with Gasteiger partial charge in [-0.1, -0.05) is 18.2 Å². The second-order valence-electron chi connectivity index (χ2n) is 7.40. The van der Waals surface area contributed by atoms with E-state index in [9.17, 15) is 4.79 Å². The van der Waals surface area contributed by atoms with Crippen molar-refractivity contribution in [1.82, 2.24) is 15.5 Å². The molecule has 0 bridgehead atoms. The molecule has 1 amide bonds. The van der Waals surface area contributed by atoms with Gasteiger partial charge in [-0.3, -0.25) is 4.79 Å². The van der Waals surface area contributed by atoms with E-state index in [0.29, 0.717) is 6.54 Å². The van der Waals surface area contributed by atoms with E-state index in [2.05, 4.69) is 20.4 Å². The molecule has 1 aliphatic heterocycles. The summed E-state index contributed by atoms with van der Waals surface area (Å²) in [6, 6.07) is 16.1. The van der Waals surface area contributed by atoms with Gasteiger partial charge in [-0.15, -0.1) is 21.5 Å². The minimum Gasteiger partial charge on any atom is -0.497 e. The minimum absolute atomic E-state index is 0.0652. The van der Waals surface area contributed by atoms with E-state index in [4.69, 9.17) is 4.74 Å². The van der Waals surface area contributed by atoms with Crippen molar-refractivity contribution in [2.45, 2.75) is 19.3 Å². The molecular formula is C23H26N4O2S. The first-order valence-corrected chi connectivity index (χ1v) is 11.1. The van der Waals surface area contributed by atoms with E-state index < -0.39 is 0 Å². The van der Waals surface area contributed by atoms with Crippen LogP contribution in [-0.4, -0.2) is 42.8 Å². The van der Waals surface area contributed by atoms with Gasteiger partial charge in [0.15, 0.2) is 5.82 Å². The third kappa shape index (κ3) is 4.97. The number of anilines is 1. The Balaban J connectivity index is 1.22. The van der Waals surface area contributed by atoms with Gasteiger partial charge in [0.1, 0.15) is 11.4 Å². The Morgan fingerprint density at radius 3 is 2.57 bits per heavy atom. The molecule has 4 rings (SSSR count). The van der Waals surface area contributed by atoms with Crippen LogP contribution >= 0.6 is 11.3 Å². The lowest BCUT2D eigenvalue weighted by Crippen LogP contribution is -2.41. The molecule has 0 saturated carbocycles. The molecular weight excluding hydrogens is 396 g/mol. The van der Waals surface area contributed by atoms with Crippen LogP contribution in [0.1, 0.15) is 18.4 Å². The van der Waals surface area contributed by atoms with Crippen LogP contribution in [-0.2, 0) is 11.2 Å². The summed E-state index contributed by atoms with van der Waals surface area (Å²) in [5.41, 5.74) is 2.09. The lowest BCUT2D eigenvalue weighted by Gasteiger charge is -2.31. The smallest absolute Gasteiger partial charge is 0.223 e. The van der Waals surface area contributed by atoms with Gasteiger partial charge >= 0.3 is 0 Å². The Morgan fingerprint density at radius 2 is 1.93 bits per heavy atom. The van der Waals surface area contributed by atoms with Crippen molar-refractivity contribution in [1.29, 1.82) is 0 Å². The number of ether oxygens (including phenoxy) is 1. The predicted octanol–water partition coefficient (Wildman–Crippen LogP) is 3.79. The molecule has 1 aromatic carbocycles. The van der Waals surface area contributed by atoms with Gasteiger partial charge in [0.2, 0.25) is 5.91 Å². The lowest BCUT2D eigenvalue weighted by atomic mass is 9.96. The van der Waals surface area contributed by atoms with Crippen molar-refractivity contribution in [3.8, 4) is 16.3 Å². The summed E-state index contributed by atoms with van der Waals surface area (Å²) in [5.74, 6) is 1.95. The van der Waals surface area contributed by atoms with Gasteiger partial charge in [-0.25, -0.2) is 0 Å². The van der Waals surface area contributed by atoms with E-state index in [1.165, 1.54) is 5.56 Å². The van der Waals surface area contributed by atoms with Gasteiger partial charge in [0, 0.05) is 25.6 Å². The van der Waals surface area contributed by atoms with Crippen molar-refractivity contribution in [3.63, 3.8) is 0 Å². The van der Waals surface area contributed by atoms with Crippen molar-refractivity contribution in [2.75, 3.05) is 31.6 Å². The number of thiophene rings is 1. The van der Waals surface area contributed by atoms with E-state index in [-0.39, 0.29) is 11.8 Å². The number of benzene rings is 1. The number of amides is 1. The molecule has 2 aromatic heterocycles. The molecule has 30 heavy (non-hydrogen) atoms. The van der Waals surface area contributed by atoms with E-state index in [0.717, 1.165) is 54.5 Å². The van der Waals surface area contributed by atoms with Crippen molar-refractivity contribution in [2.24, 2.45) is 5.92 Å². The molecule has 0 radical (unpaired) electrons. The maximum atomic E-state index is 12.5. The fourth-order valence-corrected chi connectivity index (χ4v) is 4.38. The molecule has 0 unspecified atom stereocenters. The summed E-state index contributed by atoms with van der Waals surface area (Å²) < 4.78 is 5.17. The number of methoxy groups -OCH3 is 1. The Morgan fingerprint density at radius 1 is 1.13 bits per heavy atom. The number of hydrogen-bond acceptors (Lipinski definition) is 6. The summed E-state index contributed by atoms with van der Waals surface area (Å²) in [4.78, 5) is 15.9. The molecule has 1 fully saturated rings. The van der Waals surface area contributed by atoms with E-state index in [1.807, 2.05) is 53.9 Å². The van der Waals surface area contributed by atoms with Gasteiger partial charge in [0.05, 0.1) is 12.0 Å². The summed E-state index contributed by atoms with van der Waals surface area (Å²) in [5, 5.41) is 13.9. The zero-order valence-corrected chi connectivity index (χ0v) is 17.9. The first kappa shape index (κ1) is 20.3. The number of rotatable bonds is 7. The van der Waals surface area contributed by atoms with Crippen molar-refractivity contribution >= 4 is 23.1 Å². The zero-order valence-electron chi connectivity index (χ0n) is 17.1. The first-order chi connectivity index (χ1) is 14.7. The third-order valence-corrected chi connectivity index (χ3v) is 6.38. The summed E-state index contributed by atoms with van der Waals surface area (Å²) in [6.45, 7) is 2.30. The van der Waals surface area contributed by atoms with Crippen LogP contribution in [0.25, 0.3) is 10.6 Å². The maximum absolute atomic E-state index is 12.5. The average molecular weight is 423 g/mol. The molecule has 1 saturated heterocycles. The fourth-order valence-electron chi connectivity index (χ4n) is 3.69. The highest BCUT2D eigenvalue weighted by molar-refractivity contribution is 7.13. The van der Waals surface area contributed by atoms with Gasteiger partial charge in [0.25, 0.3) is 0 Å². The van der Waals surface area contributed by atoms with Gasteiger partial charge in [-0.05, 0) is 60.5 Å². The molecule has 3 aromatic rings. The van der Waals surface area contributed by atoms with Gasteiger partial charge in [-0.2, -0.15) is 0 Å². The van der Waals surface area contributed by atoms with Gasteiger partial charge < -0.3 is 15.0 Å². The average Bonchev–Trinajstić information content (AvgIpc) is 3.35. The molecule has 0 spiro atoms. The predicted molar refractivity (Wildman–Crippen MR) is 120 cm³/mol. The second kappa shape index (κ2) is 9.71. The highest BCUT2D eigenvalue weighted by atomic mass is 32.1. The minimum atomic E-state index is 0.0652. The molecule has 6 nitrogen and oxygen atoms in total. The second-order valence-corrected chi connectivity index (χ2v) is 8.35. The number of carbonyl (C=O) groups excluding carboxylic acids is 1. The van der Waals surface area contributed by atoms with Crippen LogP contribution in [0, 0.1) is 5.92 Å². The Labute approximate surface area is 180 Å². The highest BCUT2D eigenvalue weighted by Gasteiger charge is 2.25. The summed E-state index contributed by atoms with van der Waals surface area (Å²) in [6.07, 6.45) is 2.49. The molecule has 3 heterocycles. The molecule has 0 atom stereocenters. The normalized spacial score (nSPS) is 14.5. The Bertz CT molecular complexity index is 934. The van der Waals surface area contributed by atoms with Crippen LogP contribution in [0.4, 0.5) is 5.82 Å². The van der Waals surface area contributed by atoms with E-state index in [1.54, 1.807) is 18.4 Å². The number of nitrogens with zero attached hydrogens (tertiary/aromatic N) is 3. The van der Waals surface area contributed by atoms with Crippen molar-refractivity contribution in [3.05, 3.63) is 59.5 Å². The topological polar surface area (TPSA) is 67.3 Å². The number of carbonyl (C=O) groups is 1. The molecule has 156 valence electrons. The lowest BCUT2D eigenvalue weighted by molar-refractivity contribution is -0.125. The molecule has 0 aliphatic carbocycles. The standard InChI is InChI=1S/C23H26N4O2S/c1-29-19-6-4-17(5-7-19)10-13-24-23(28)18-11-14-27(15-12-18)22-9-8-20(25-26-22)21-3-2-16-30-21/h2-9,16,18H,10-15H2,1H3,(H,24,28). The monoisotopic (exact) mass is 422 g/mol. The quantitative estimate of drug-likeness (QED) is 0.627. The Hall–Kier alpha value is -2.93. The highest BCUT2D eigenvalue weighted by Crippen LogP contribution is 2.25. The number of piperidine rings is 1. The third-order valence-electron chi connectivity index (χ3n) is 5.49. The van der Waals surface area contributed by atoms with Crippen LogP contribution in [0.15, 0.2) is 53.9 Å². The summed E-state index contributed by atoms with van der Waals surface area (Å²) >= 11 is 1.66. The molecule has 1 N–H and O–H groups in total. The zero-order chi connectivity index (χ0) is 20.8. The summed E-state index contributed by atoms with van der Waals surface area (Å²) in [7, 11) is 1.66. The Kier molecular flexibility index (Phi) is 6.59. The van der Waals surface area contributed by atoms with Crippen LogP contribution in [0.2, 0.25) is 0 Å². The number of aromatic nitrogens is 2. The number of nitrogens with one attached hydrogen (secondary N) is 1. The maximum Gasteiger partial charge on any atom is 0.223 e. The SMILES string of the molecule is COc1ccc(CCNC(=O)C2CCN(c3ccc(-c4cccs4)nn3)CC2)cc1. The first-order valence-electron chi connectivity index (χ1n) is 10.3. The van der Waals surface area contributed by atoms with Crippen molar-refractivity contribution < 1.29 is 9.53 Å². The van der Waals surface area contributed by atoms with Crippen LogP contribution < -0.4 is 15.0 Å². The molecule has 7 heteroatoms. The largest absolute Gasteiger partial charge is 0.497 e.